The summed E-state index contributed by atoms with van der Waals surface area (Å²) in [4.78, 5) is 4.34. The molecule has 18 heavy (non-hydrogen) atoms. The molecule has 0 fully saturated rings. The highest BCUT2D eigenvalue weighted by Crippen LogP contribution is 2.29. The molecule has 1 aliphatic rings. The van der Waals surface area contributed by atoms with E-state index >= 15 is 0 Å². The Balaban J connectivity index is 1.71. The lowest BCUT2D eigenvalue weighted by atomic mass is 9.93. The second-order valence-corrected chi connectivity index (χ2v) is 4.82. The van der Waals surface area contributed by atoms with E-state index in [2.05, 4.69) is 21.5 Å². The van der Waals surface area contributed by atoms with Crippen molar-refractivity contribution < 1.29 is 0 Å². The summed E-state index contributed by atoms with van der Waals surface area (Å²) in [6.07, 6.45) is 7.41. The number of nitrogens with zero attached hydrogens (tertiary/aromatic N) is 3. The number of rotatable bonds is 3. The predicted molar refractivity (Wildman–Crippen MR) is 70.0 cm³/mol. The Bertz CT molecular complexity index is 518. The van der Waals surface area contributed by atoms with Crippen LogP contribution in [0.25, 0.3) is 0 Å². The lowest BCUT2D eigenvalue weighted by molar-refractivity contribution is 0.449. The number of nitrogens with one attached hydrogen (secondary N) is 1. The lowest BCUT2D eigenvalue weighted by Crippen LogP contribution is -2.25. The third-order valence-corrected chi connectivity index (χ3v) is 3.63. The maximum absolute atomic E-state index is 4.36. The molecular weight excluding hydrogens is 224 g/mol. The van der Waals surface area contributed by atoms with Gasteiger partial charge < -0.3 is 5.32 Å². The average Bonchev–Trinajstić information content (AvgIpc) is 2.80. The largest absolute Gasteiger partial charge is 0.304 e. The average molecular weight is 242 g/mol. The van der Waals surface area contributed by atoms with Crippen LogP contribution in [-0.4, -0.2) is 14.8 Å². The van der Waals surface area contributed by atoms with E-state index in [1.54, 1.807) is 0 Å². The molecule has 1 atom stereocenters. The second-order valence-electron chi connectivity index (χ2n) is 4.82. The highest BCUT2D eigenvalue weighted by atomic mass is 15.3. The van der Waals surface area contributed by atoms with E-state index in [0.29, 0.717) is 6.04 Å². The SMILES string of the molecule is Cn1ncc2c1CCCC2NCc1ccccn1. The molecule has 3 rings (SSSR count). The third-order valence-electron chi connectivity index (χ3n) is 3.63. The summed E-state index contributed by atoms with van der Waals surface area (Å²) < 4.78 is 2.00. The third kappa shape index (κ3) is 2.16. The highest BCUT2D eigenvalue weighted by molar-refractivity contribution is 5.24. The molecule has 1 aliphatic carbocycles. The smallest absolute Gasteiger partial charge is 0.0541 e. The van der Waals surface area contributed by atoms with Crippen LogP contribution in [0, 0.1) is 0 Å². The first kappa shape index (κ1) is 11.4. The van der Waals surface area contributed by atoms with Crippen molar-refractivity contribution in [1.29, 1.82) is 0 Å². The summed E-state index contributed by atoms with van der Waals surface area (Å²) >= 11 is 0. The molecule has 0 aromatic carbocycles. The summed E-state index contributed by atoms with van der Waals surface area (Å²) in [5, 5.41) is 7.96. The Morgan fingerprint density at radius 3 is 3.22 bits per heavy atom. The maximum Gasteiger partial charge on any atom is 0.0541 e. The van der Waals surface area contributed by atoms with E-state index in [0.717, 1.165) is 18.7 Å². The predicted octanol–water partition coefficient (Wildman–Crippen LogP) is 1.98. The molecule has 1 N–H and O–H groups in total. The fraction of sp³-hybridized carbons (Fsp3) is 0.429. The van der Waals surface area contributed by atoms with E-state index in [1.807, 2.05) is 36.3 Å². The van der Waals surface area contributed by atoms with Crippen LogP contribution in [0.2, 0.25) is 0 Å². The number of hydrogen-bond donors (Lipinski definition) is 1. The first-order valence-corrected chi connectivity index (χ1v) is 6.48. The van der Waals surface area contributed by atoms with Gasteiger partial charge in [0.25, 0.3) is 0 Å². The van der Waals surface area contributed by atoms with Crippen LogP contribution in [0.4, 0.5) is 0 Å². The van der Waals surface area contributed by atoms with Crippen LogP contribution < -0.4 is 5.32 Å². The van der Waals surface area contributed by atoms with Crippen LogP contribution >= 0.6 is 0 Å². The van der Waals surface area contributed by atoms with Gasteiger partial charge in [-0.05, 0) is 31.4 Å². The van der Waals surface area contributed by atoms with E-state index in [-0.39, 0.29) is 0 Å². The van der Waals surface area contributed by atoms with Crippen molar-refractivity contribution in [2.24, 2.45) is 7.05 Å². The summed E-state index contributed by atoms with van der Waals surface area (Å²) in [6, 6.07) is 6.45. The minimum atomic E-state index is 0.421. The van der Waals surface area contributed by atoms with Crippen LogP contribution in [0.5, 0.6) is 0 Å². The number of hydrogen-bond acceptors (Lipinski definition) is 3. The zero-order valence-corrected chi connectivity index (χ0v) is 10.6. The molecule has 2 aromatic rings. The molecule has 0 spiro atoms. The van der Waals surface area contributed by atoms with E-state index in [1.165, 1.54) is 24.1 Å². The monoisotopic (exact) mass is 242 g/mol. The summed E-state index contributed by atoms with van der Waals surface area (Å²) in [7, 11) is 2.03. The van der Waals surface area contributed by atoms with Crippen LogP contribution in [0.15, 0.2) is 30.6 Å². The molecule has 0 amide bonds. The molecule has 4 heteroatoms. The minimum Gasteiger partial charge on any atom is -0.304 e. The van der Waals surface area contributed by atoms with E-state index < -0.39 is 0 Å². The van der Waals surface area contributed by atoms with E-state index in [9.17, 15) is 0 Å². The molecule has 94 valence electrons. The van der Waals surface area contributed by atoms with Crippen LogP contribution in [0.1, 0.15) is 35.8 Å². The molecule has 0 aliphatic heterocycles. The lowest BCUT2D eigenvalue weighted by Gasteiger charge is -2.23. The zero-order chi connectivity index (χ0) is 12.4. The van der Waals surface area contributed by atoms with Gasteiger partial charge in [0.15, 0.2) is 0 Å². The quantitative estimate of drug-likeness (QED) is 0.895. The van der Waals surface area contributed by atoms with Gasteiger partial charge in [0, 0.05) is 37.1 Å². The van der Waals surface area contributed by atoms with Gasteiger partial charge in [-0.3, -0.25) is 9.67 Å². The van der Waals surface area contributed by atoms with Gasteiger partial charge in [-0.25, -0.2) is 0 Å². The summed E-state index contributed by atoms with van der Waals surface area (Å²) in [5.41, 5.74) is 3.83. The summed E-state index contributed by atoms with van der Waals surface area (Å²) in [6.45, 7) is 0.819. The molecule has 0 bridgehead atoms. The first-order chi connectivity index (χ1) is 8.84. The van der Waals surface area contributed by atoms with Gasteiger partial charge in [-0.1, -0.05) is 6.07 Å². The number of fused-ring (bicyclic) bond motifs is 1. The molecule has 1 unspecified atom stereocenters. The fourth-order valence-electron chi connectivity index (χ4n) is 2.65. The zero-order valence-electron chi connectivity index (χ0n) is 10.6. The van der Waals surface area contributed by atoms with Gasteiger partial charge in [0.2, 0.25) is 0 Å². The van der Waals surface area contributed by atoms with Crippen molar-refractivity contribution in [3.8, 4) is 0 Å². The topological polar surface area (TPSA) is 42.7 Å². The Morgan fingerprint density at radius 1 is 1.44 bits per heavy atom. The van der Waals surface area contributed by atoms with Gasteiger partial charge in [-0.2, -0.15) is 5.10 Å². The van der Waals surface area contributed by atoms with E-state index in [4.69, 9.17) is 0 Å². The van der Waals surface area contributed by atoms with Crippen molar-refractivity contribution in [2.75, 3.05) is 0 Å². The molecule has 0 saturated heterocycles. The van der Waals surface area contributed by atoms with Gasteiger partial charge in [0.05, 0.1) is 11.9 Å². The Labute approximate surface area is 107 Å². The fourth-order valence-corrected chi connectivity index (χ4v) is 2.65. The Hall–Kier alpha value is -1.68. The van der Waals surface area contributed by atoms with Gasteiger partial charge in [0.1, 0.15) is 0 Å². The van der Waals surface area contributed by atoms with Crippen molar-refractivity contribution in [3.05, 3.63) is 47.5 Å². The second kappa shape index (κ2) is 4.90. The molecule has 0 radical (unpaired) electrons. The first-order valence-electron chi connectivity index (χ1n) is 6.48. The molecule has 2 heterocycles. The number of aryl methyl sites for hydroxylation is 1. The normalized spacial score (nSPS) is 18.6. The van der Waals surface area contributed by atoms with Crippen molar-refractivity contribution in [3.63, 3.8) is 0 Å². The standard InChI is InChI=1S/C14H18N4/c1-18-14-7-4-6-13(12(14)10-17-18)16-9-11-5-2-3-8-15-11/h2-3,5,8,10,13,16H,4,6-7,9H2,1H3. The number of pyridine rings is 1. The Kier molecular flexibility index (Phi) is 3.11. The highest BCUT2D eigenvalue weighted by Gasteiger charge is 2.22. The summed E-state index contributed by atoms with van der Waals surface area (Å²) in [5.74, 6) is 0. The Morgan fingerprint density at radius 2 is 2.39 bits per heavy atom. The van der Waals surface area contributed by atoms with Gasteiger partial charge >= 0.3 is 0 Å². The van der Waals surface area contributed by atoms with Crippen LogP contribution in [-0.2, 0) is 20.0 Å². The van der Waals surface area contributed by atoms with Crippen molar-refractivity contribution >= 4 is 0 Å². The maximum atomic E-state index is 4.36. The minimum absolute atomic E-state index is 0.421. The molecule has 2 aromatic heterocycles. The van der Waals surface area contributed by atoms with Gasteiger partial charge in [-0.15, -0.1) is 0 Å². The molecular formula is C14H18N4. The van der Waals surface area contributed by atoms with Crippen LogP contribution in [0.3, 0.4) is 0 Å². The molecule has 4 nitrogen and oxygen atoms in total. The number of aromatic nitrogens is 3. The van der Waals surface area contributed by atoms with Crippen molar-refractivity contribution in [2.45, 2.75) is 31.8 Å². The molecule has 0 saturated carbocycles. The van der Waals surface area contributed by atoms with Crippen molar-refractivity contribution in [1.82, 2.24) is 20.1 Å².